The number of benzene rings is 2. The van der Waals surface area contributed by atoms with Crippen LogP contribution < -0.4 is 19.9 Å². The molecule has 0 spiro atoms. The van der Waals surface area contributed by atoms with Crippen LogP contribution in [0, 0.1) is 0 Å². The van der Waals surface area contributed by atoms with Gasteiger partial charge < -0.3 is 19.3 Å². The quantitative estimate of drug-likeness (QED) is 0.446. The molecule has 176 valence electrons. The maximum absolute atomic E-state index is 12.9. The summed E-state index contributed by atoms with van der Waals surface area (Å²) in [5.41, 5.74) is 2.07. The molecule has 0 radical (unpaired) electrons. The van der Waals surface area contributed by atoms with Gasteiger partial charge in [-0.25, -0.2) is 4.98 Å². The zero-order valence-corrected chi connectivity index (χ0v) is 18.8. The van der Waals surface area contributed by atoms with Crippen LogP contribution in [0.15, 0.2) is 65.7 Å². The highest BCUT2D eigenvalue weighted by Crippen LogP contribution is 2.35. The predicted octanol–water partition coefficient (Wildman–Crippen LogP) is 1.93. The van der Waals surface area contributed by atoms with E-state index in [0.717, 1.165) is 22.8 Å². The molecule has 2 aliphatic rings. The van der Waals surface area contributed by atoms with Crippen molar-refractivity contribution in [3.8, 4) is 22.8 Å². The molecule has 2 aliphatic heterocycles. The summed E-state index contributed by atoms with van der Waals surface area (Å²) >= 11 is 0. The molecule has 2 aromatic heterocycles. The van der Waals surface area contributed by atoms with Crippen molar-refractivity contribution in [2.45, 2.75) is 6.54 Å². The molecule has 4 heterocycles. The number of carbonyl (C=O) groups excluding carboxylic acids is 1. The maximum atomic E-state index is 12.9. The van der Waals surface area contributed by atoms with Gasteiger partial charge in [0, 0.05) is 31.7 Å². The molecule has 2 aromatic carbocycles. The number of carbonyl (C=O) groups is 1. The van der Waals surface area contributed by atoms with Crippen LogP contribution in [0.4, 0.5) is 5.82 Å². The number of amides is 1. The smallest absolute Gasteiger partial charge is 0.261 e. The topological polar surface area (TPSA) is 103 Å². The van der Waals surface area contributed by atoms with Gasteiger partial charge in [0.15, 0.2) is 17.3 Å². The maximum Gasteiger partial charge on any atom is 0.261 e. The standard InChI is InChI=1S/C25H22N6O4/c32-24(14-31-15-26-20-4-2-1-3-18(20)25(31)33)30-11-9-29(10-12-30)23-8-6-19(27-28-23)17-5-7-21-22(13-17)35-16-34-21/h1-8,13,15H,9-12,14,16H2. The highest BCUT2D eigenvalue weighted by molar-refractivity contribution is 5.79. The third kappa shape index (κ3) is 4.03. The summed E-state index contributed by atoms with van der Waals surface area (Å²) in [6, 6.07) is 16.7. The summed E-state index contributed by atoms with van der Waals surface area (Å²) in [7, 11) is 0. The molecule has 0 unspecified atom stereocenters. The van der Waals surface area contributed by atoms with Crippen molar-refractivity contribution < 1.29 is 14.3 Å². The predicted molar refractivity (Wildman–Crippen MR) is 128 cm³/mol. The van der Waals surface area contributed by atoms with E-state index in [9.17, 15) is 9.59 Å². The summed E-state index contributed by atoms with van der Waals surface area (Å²) in [6.45, 7) is 2.55. The first-order valence-electron chi connectivity index (χ1n) is 11.4. The number of para-hydroxylation sites is 1. The Hall–Kier alpha value is -4.47. The zero-order chi connectivity index (χ0) is 23.8. The molecule has 0 saturated carbocycles. The van der Waals surface area contributed by atoms with Crippen LogP contribution in [-0.2, 0) is 11.3 Å². The van der Waals surface area contributed by atoms with Gasteiger partial charge in [-0.05, 0) is 42.5 Å². The molecule has 1 amide bonds. The van der Waals surface area contributed by atoms with Gasteiger partial charge in [0.05, 0.1) is 22.9 Å². The summed E-state index contributed by atoms with van der Waals surface area (Å²) in [4.78, 5) is 33.7. The van der Waals surface area contributed by atoms with Crippen molar-refractivity contribution in [1.29, 1.82) is 0 Å². The van der Waals surface area contributed by atoms with E-state index in [4.69, 9.17) is 9.47 Å². The van der Waals surface area contributed by atoms with Crippen LogP contribution in [0.1, 0.15) is 0 Å². The van der Waals surface area contributed by atoms with Crippen molar-refractivity contribution in [3.63, 3.8) is 0 Å². The van der Waals surface area contributed by atoms with E-state index in [1.165, 1.54) is 10.9 Å². The second kappa shape index (κ2) is 8.71. The average molecular weight is 470 g/mol. The van der Waals surface area contributed by atoms with E-state index < -0.39 is 0 Å². The first-order valence-corrected chi connectivity index (χ1v) is 11.4. The molecule has 1 saturated heterocycles. The lowest BCUT2D eigenvalue weighted by molar-refractivity contribution is -0.132. The lowest BCUT2D eigenvalue weighted by Crippen LogP contribution is -2.50. The lowest BCUT2D eigenvalue weighted by Gasteiger charge is -2.35. The Balaban J connectivity index is 1.09. The van der Waals surface area contributed by atoms with Gasteiger partial charge >= 0.3 is 0 Å². The van der Waals surface area contributed by atoms with Gasteiger partial charge in [-0.15, -0.1) is 10.2 Å². The fourth-order valence-electron chi connectivity index (χ4n) is 4.35. The van der Waals surface area contributed by atoms with Crippen LogP contribution in [0.3, 0.4) is 0 Å². The SMILES string of the molecule is O=C(Cn1cnc2ccccc2c1=O)N1CCN(c2ccc(-c3ccc4c(c3)OCO4)nn2)CC1. The van der Waals surface area contributed by atoms with Crippen LogP contribution in [-0.4, -0.2) is 63.5 Å². The molecule has 6 rings (SSSR count). The van der Waals surface area contributed by atoms with Gasteiger partial charge in [0.25, 0.3) is 5.56 Å². The number of nitrogens with zero attached hydrogens (tertiary/aromatic N) is 6. The largest absolute Gasteiger partial charge is 0.454 e. The first kappa shape index (κ1) is 21.1. The van der Waals surface area contributed by atoms with Crippen LogP contribution >= 0.6 is 0 Å². The molecule has 0 N–H and O–H groups in total. The minimum Gasteiger partial charge on any atom is -0.454 e. The van der Waals surface area contributed by atoms with Crippen molar-refractivity contribution in [1.82, 2.24) is 24.6 Å². The van der Waals surface area contributed by atoms with E-state index in [-0.39, 0.29) is 24.8 Å². The van der Waals surface area contributed by atoms with E-state index in [1.807, 2.05) is 36.4 Å². The summed E-state index contributed by atoms with van der Waals surface area (Å²) in [5, 5.41) is 9.29. The number of rotatable bonds is 4. The summed E-state index contributed by atoms with van der Waals surface area (Å²) in [5.74, 6) is 2.09. The van der Waals surface area contributed by atoms with E-state index in [1.54, 1.807) is 23.1 Å². The molecule has 0 aliphatic carbocycles. The number of fused-ring (bicyclic) bond motifs is 2. The van der Waals surface area contributed by atoms with E-state index in [0.29, 0.717) is 42.8 Å². The van der Waals surface area contributed by atoms with Crippen molar-refractivity contribution >= 4 is 22.6 Å². The third-order valence-electron chi connectivity index (χ3n) is 6.31. The van der Waals surface area contributed by atoms with Crippen molar-refractivity contribution in [3.05, 3.63) is 71.3 Å². The van der Waals surface area contributed by atoms with Crippen molar-refractivity contribution in [2.75, 3.05) is 37.9 Å². The van der Waals surface area contributed by atoms with Gasteiger partial charge in [-0.2, -0.15) is 0 Å². The minimum atomic E-state index is -0.208. The Bertz CT molecular complexity index is 1460. The number of anilines is 1. The molecule has 1 fully saturated rings. The number of hydrogen-bond donors (Lipinski definition) is 0. The molecular weight excluding hydrogens is 448 g/mol. The minimum absolute atomic E-state index is 0.0271. The number of hydrogen-bond acceptors (Lipinski definition) is 8. The van der Waals surface area contributed by atoms with Crippen molar-refractivity contribution in [2.24, 2.45) is 0 Å². The van der Waals surface area contributed by atoms with Gasteiger partial charge in [0.1, 0.15) is 6.54 Å². The molecule has 10 nitrogen and oxygen atoms in total. The molecule has 0 atom stereocenters. The van der Waals surface area contributed by atoms with E-state index >= 15 is 0 Å². The molecule has 0 bridgehead atoms. The molecule has 35 heavy (non-hydrogen) atoms. The highest BCUT2D eigenvalue weighted by atomic mass is 16.7. The Morgan fingerprint density at radius 3 is 2.57 bits per heavy atom. The Labute approximate surface area is 200 Å². The Kier molecular flexibility index (Phi) is 5.25. The second-order valence-corrected chi connectivity index (χ2v) is 8.41. The molecule has 10 heteroatoms. The summed E-state index contributed by atoms with van der Waals surface area (Å²) < 4.78 is 12.2. The van der Waals surface area contributed by atoms with Crippen LogP contribution in [0.5, 0.6) is 11.5 Å². The lowest BCUT2D eigenvalue weighted by atomic mass is 10.1. The number of ether oxygens (including phenoxy) is 2. The fraction of sp³-hybridized carbons (Fsp3) is 0.240. The van der Waals surface area contributed by atoms with Crippen LogP contribution in [0.25, 0.3) is 22.2 Å². The molecule has 4 aromatic rings. The Morgan fingerprint density at radius 2 is 1.74 bits per heavy atom. The first-order chi connectivity index (χ1) is 17.2. The normalized spacial score (nSPS) is 15.0. The van der Waals surface area contributed by atoms with Crippen LogP contribution in [0.2, 0.25) is 0 Å². The average Bonchev–Trinajstić information content (AvgIpc) is 3.39. The van der Waals surface area contributed by atoms with Gasteiger partial charge in [0.2, 0.25) is 12.7 Å². The highest BCUT2D eigenvalue weighted by Gasteiger charge is 2.23. The third-order valence-corrected chi connectivity index (χ3v) is 6.31. The van der Waals surface area contributed by atoms with Gasteiger partial charge in [-0.1, -0.05) is 12.1 Å². The molecular formula is C25H22N6O4. The monoisotopic (exact) mass is 470 g/mol. The second-order valence-electron chi connectivity index (χ2n) is 8.41. The van der Waals surface area contributed by atoms with E-state index in [2.05, 4.69) is 20.1 Å². The fourth-order valence-corrected chi connectivity index (χ4v) is 4.35. The van der Waals surface area contributed by atoms with Gasteiger partial charge in [-0.3, -0.25) is 14.2 Å². The zero-order valence-electron chi connectivity index (χ0n) is 18.8. The number of aromatic nitrogens is 4. The summed E-state index contributed by atoms with van der Waals surface area (Å²) in [6.07, 6.45) is 1.44. The Morgan fingerprint density at radius 1 is 0.914 bits per heavy atom. The number of piperazine rings is 1.